The molecule has 0 aliphatic carbocycles. The third-order valence-corrected chi connectivity index (χ3v) is 4.73. The highest BCUT2D eigenvalue weighted by molar-refractivity contribution is 5.94. The van der Waals surface area contributed by atoms with E-state index >= 15 is 0 Å². The average molecular weight is 399 g/mol. The number of hydrogen-bond donors (Lipinski definition) is 1. The highest BCUT2D eigenvalue weighted by Crippen LogP contribution is 2.19. The van der Waals surface area contributed by atoms with Gasteiger partial charge in [-0.15, -0.1) is 0 Å². The van der Waals surface area contributed by atoms with E-state index in [0.717, 1.165) is 11.1 Å². The van der Waals surface area contributed by atoms with E-state index in [2.05, 4.69) is 10.4 Å². The SMILES string of the molecule is O=C(NCCCn1nc(-c2ccco2)ccc1=O)c1ccc(-c2ccccc2)cc1. The van der Waals surface area contributed by atoms with Crippen LogP contribution in [-0.4, -0.2) is 22.2 Å². The number of furan rings is 1. The molecule has 0 spiro atoms. The molecule has 0 fully saturated rings. The van der Waals surface area contributed by atoms with Crippen LogP contribution in [0.4, 0.5) is 0 Å². The van der Waals surface area contributed by atoms with Gasteiger partial charge in [0.2, 0.25) is 0 Å². The second kappa shape index (κ2) is 9.05. The summed E-state index contributed by atoms with van der Waals surface area (Å²) in [6.07, 6.45) is 2.15. The molecule has 2 aromatic carbocycles. The number of benzene rings is 2. The topological polar surface area (TPSA) is 77.1 Å². The van der Waals surface area contributed by atoms with Crippen LogP contribution in [0.3, 0.4) is 0 Å². The maximum Gasteiger partial charge on any atom is 0.266 e. The number of carbonyl (C=O) groups excluding carboxylic acids is 1. The number of amides is 1. The first-order valence-electron chi connectivity index (χ1n) is 9.76. The van der Waals surface area contributed by atoms with Crippen molar-refractivity contribution in [2.24, 2.45) is 0 Å². The first-order valence-corrected chi connectivity index (χ1v) is 9.76. The molecular formula is C24H21N3O3. The standard InChI is InChI=1S/C24H21N3O3/c28-23-14-13-21(22-8-4-17-30-22)26-27(23)16-5-15-25-24(29)20-11-9-19(10-12-20)18-6-2-1-3-7-18/h1-4,6-14,17H,5,15-16H2,(H,25,29). The molecule has 0 saturated heterocycles. The number of nitrogens with zero attached hydrogens (tertiary/aromatic N) is 2. The molecule has 0 bridgehead atoms. The molecular weight excluding hydrogens is 378 g/mol. The van der Waals surface area contributed by atoms with E-state index in [1.54, 1.807) is 24.5 Å². The van der Waals surface area contributed by atoms with Gasteiger partial charge in [0.15, 0.2) is 5.76 Å². The summed E-state index contributed by atoms with van der Waals surface area (Å²) in [7, 11) is 0. The summed E-state index contributed by atoms with van der Waals surface area (Å²) < 4.78 is 6.71. The van der Waals surface area contributed by atoms with Crippen LogP contribution >= 0.6 is 0 Å². The Hall–Kier alpha value is -3.93. The van der Waals surface area contributed by atoms with Gasteiger partial charge in [0.1, 0.15) is 5.69 Å². The van der Waals surface area contributed by atoms with Gasteiger partial charge in [-0.05, 0) is 47.9 Å². The molecule has 0 aliphatic heterocycles. The molecule has 6 heteroatoms. The summed E-state index contributed by atoms with van der Waals surface area (Å²) in [5, 5.41) is 7.22. The molecule has 0 atom stereocenters. The molecule has 4 rings (SSSR count). The van der Waals surface area contributed by atoms with Crippen molar-refractivity contribution in [3.05, 3.63) is 101 Å². The first kappa shape index (κ1) is 19.4. The molecule has 0 unspecified atom stereocenters. The van der Waals surface area contributed by atoms with Crippen molar-refractivity contribution in [2.75, 3.05) is 6.54 Å². The maximum atomic E-state index is 12.4. The van der Waals surface area contributed by atoms with Crippen molar-refractivity contribution in [2.45, 2.75) is 13.0 Å². The zero-order valence-corrected chi connectivity index (χ0v) is 16.3. The Labute approximate surface area is 173 Å². The van der Waals surface area contributed by atoms with Crippen LogP contribution in [-0.2, 0) is 6.54 Å². The molecule has 1 amide bonds. The fraction of sp³-hybridized carbons (Fsp3) is 0.125. The highest BCUT2D eigenvalue weighted by Gasteiger charge is 2.07. The number of aromatic nitrogens is 2. The normalized spacial score (nSPS) is 10.7. The van der Waals surface area contributed by atoms with Crippen molar-refractivity contribution in [1.82, 2.24) is 15.1 Å². The monoisotopic (exact) mass is 399 g/mol. The minimum Gasteiger partial charge on any atom is -0.463 e. The Morgan fingerprint density at radius 3 is 2.40 bits per heavy atom. The van der Waals surface area contributed by atoms with Gasteiger partial charge in [-0.2, -0.15) is 5.10 Å². The van der Waals surface area contributed by atoms with Gasteiger partial charge < -0.3 is 9.73 Å². The molecule has 0 saturated carbocycles. The third-order valence-electron chi connectivity index (χ3n) is 4.73. The lowest BCUT2D eigenvalue weighted by atomic mass is 10.0. The smallest absolute Gasteiger partial charge is 0.266 e. The molecule has 2 heterocycles. The van der Waals surface area contributed by atoms with Gasteiger partial charge in [0, 0.05) is 24.7 Å². The lowest BCUT2D eigenvalue weighted by Crippen LogP contribution is -2.28. The minimum atomic E-state index is -0.187. The van der Waals surface area contributed by atoms with Crippen LogP contribution in [0.15, 0.2) is 94.3 Å². The van der Waals surface area contributed by atoms with Gasteiger partial charge in [0.25, 0.3) is 11.5 Å². The minimum absolute atomic E-state index is 0.140. The van der Waals surface area contributed by atoms with Gasteiger partial charge in [-0.3, -0.25) is 9.59 Å². The number of hydrogen-bond acceptors (Lipinski definition) is 4. The van der Waals surface area contributed by atoms with Gasteiger partial charge in [0.05, 0.1) is 6.26 Å². The van der Waals surface area contributed by atoms with Crippen molar-refractivity contribution in [3.63, 3.8) is 0 Å². The highest BCUT2D eigenvalue weighted by atomic mass is 16.3. The lowest BCUT2D eigenvalue weighted by Gasteiger charge is -2.08. The first-order chi connectivity index (χ1) is 14.7. The van der Waals surface area contributed by atoms with Gasteiger partial charge in [-0.25, -0.2) is 4.68 Å². The second-order valence-corrected chi connectivity index (χ2v) is 6.81. The van der Waals surface area contributed by atoms with Gasteiger partial charge >= 0.3 is 0 Å². The molecule has 1 N–H and O–H groups in total. The Morgan fingerprint density at radius 2 is 1.67 bits per heavy atom. The predicted octanol–water partition coefficient (Wildman–Crippen LogP) is 3.99. The number of rotatable bonds is 7. The summed E-state index contributed by atoms with van der Waals surface area (Å²) in [4.78, 5) is 24.4. The van der Waals surface area contributed by atoms with Crippen LogP contribution < -0.4 is 10.9 Å². The van der Waals surface area contributed by atoms with E-state index in [4.69, 9.17) is 4.42 Å². The molecule has 150 valence electrons. The van der Waals surface area contributed by atoms with Crippen molar-refractivity contribution in [3.8, 4) is 22.6 Å². The van der Waals surface area contributed by atoms with E-state index < -0.39 is 0 Å². The van der Waals surface area contributed by atoms with Crippen molar-refractivity contribution in [1.29, 1.82) is 0 Å². The summed E-state index contributed by atoms with van der Waals surface area (Å²) in [6, 6.07) is 24.2. The number of carbonyl (C=O) groups is 1. The van der Waals surface area contributed by atoms with Crippen molar-refractivity contribution >= 4 is 5.91 Å². The van der Waals surface area contributed by atoms with E-state index in [-0.39, 0.29) is 11.5 Å². The lowest BCUT2D eigenvalue weighted by molar-refractivity contribution is 0.0952. The van der Waals surface area contributed by atoms with Crippen LogP contribution in [0.1, 0.15) is 16.8 Å². The molecule has 0 aliphatic rings. The fourth-order valence-electron chi connectivity index (χ4n) is 3.14. The Morgan fingerprint density at radius 1 is 0.900 bits per heavy atom. The van der Waals surface area contributed by atoms with Gasteiger partial charge in [-0.1, -0.05) is 42.5 Å². The van der Waals surface area contributed by atoms with E-state index in [0.29, 0.717) is 36.5 Å². The number of aryl methyl sites for hydroxylation is 1. The Bertz CT molecular complexity index is 1160. The van der Waals surface area contributed by atoms with Crippen LogP contribution in [0, 0.1) is 0 Å². The summed E-state index contributed by atoms with van der Waals surface area (Å²) in [6.45, 7) is 0.846. The average Bonchev–Trinajstić information content (AvgIpc) is 3.33. The zero-order valence-electron chi connectivity index (χ0n) is 16.3. The Kier molecular flexibility index (Phi) is 5.85. The maximum absolute atomic E-state index is 12.4. The molecule has 6 nitrogen and oxygen atoms in total. The van der Waals surface area contributed by atoms with E-state index in [1.165, 1.54) is 10.7 Å². The van der Waals surface area contributed by atoms with Crippen LogP contribution in [0.25, 0.3) is 22.6 Å². The quantitative estimate of drug-likeness (QED) is 0.477. The largest absolute Gasteiger partial charge is 0.463 e. The third kappa shape index (κ3) is 4.55. The summed E-state index contributed by atoms with van der Waals surface area (Å²) >= 11 is 0. The molecule has 30 heavy (non-hydrogen) atoms. The molecule has 2 aromatic heterocycles. The summed E-state index contributed by atoms with van der Waals surface area (Å²) in [5.41, 5.74) is 3.19. The predicted molar refractivity (Wildman–Crippen MR) is 115 cm³/mol. The number of nitrogens with one attached hydrogen (secondary N) is 1. The van der Waals surface area contributed by atoms with Crippen LogP contribution in [0.5, 0.6) is 0 Å². The van der Waals surface area contributed by atoms with E-state index in [9.17, 15) is 9.59 Å². The van der Waals surface area contributed by atoms with Crippen molar-refractivity contribution < 1.29 is 9.21 Å². The fourth-order valence-corrected chi connectivity index (χ4v) is 3.14. The Balaban J connectivity index is 1.31. The molecule has 0 radical (unpaired) electrons. The summed E-state index contributed by atoms with van der Waals surface area (Å²) in [5.74, 6) is 0.468. The van der Waals surface area contributed by atoms with Crippen LogP contribution in [0.2, 0.25) is 0 Å². The zero-order chi connectivity index (χ0) is 20.8. The second-order valence-electron chi connectivity index (χ2n) is 6.81. The van der Waals surface area contributed by atoms with E-state index in [1.807, 2.05) is 54.6 Å². The molecule has 4 aromatic rings.